The van der Waals surface area contributed by atoms with Gasteiger partial charge < -0.3 is 15.2 Å². The van der Waals surface area contributed by atoms with E-state index in [1.54, 1.807) is 0 Å². The maximum atomic E-state index is 8.97. The molecule has 3 unspecified atom stereocenters. The second kappa shape index (κ2) is 4.67. The molecule has 0 radical (unpaired) electrons. The Kier molecular flexibility index (Phi) is 3.04. The maximum absolute atomic E-state index is 8.97. The highest BCUT2D eigenvalue weighted by Crippen LogP contribution is 2.45. The summed E-state index contributed by atoms with van der Waals surface area (Å²) in [7, 11) is 0. The first-order chi connectivity index (χ1) is 8.40. The van der Waals surface area contributed by atoms with Gasteiger partial charge in [-0.15, -0.1) is 0 Å². The molecule has 2 aliphatic heterocycles. The number of hydrogen-bond acceptors (Lipinski definition) is 3. The monoisotopic (exact) mass is 233 g/mol. The average molecular weight is 233 g/mol. The highest BCUT2D eigenvalue weighted by Gasteiger charge is 2.39. The molecule has 2 heterocycles. The standard InChI is InChI=1S/C14H19NO2/c16-8-3-6-13-11-7-9-17-14(11)10-4-1-2-5-12(10)15-13/h1-2,4-5,11,13-16H,3,6-9H2. The van der Waals surface area contributed by atoms with Crippen molar-refractivity contribution in [2.24, 2.45) is 5.92 Å². The molecule has 0 spiro atoms. The lowest BCUT2D eigenvalue weighted by Crippen LogP contribution is -2.36. The molecule has 92 valence electrons. The van der Waals surface area contributed by atoms with Crippen molar-refractivity contribution in [3.63, 3.8) is 0 Å². The molecule has 17 heavy (non-hydrogen) atoms. The van der Waals surface area contributed by atoms with Crippen LogP contribution in [-0.2, 0) is 4.74 Å². The van der Waals surface area contributed by atoms with Crippen molar-refractivity contribution < 1.29 is 9.84 Å². The van der Waals surface area contributed by atoms with Gasteiger partial charge in [-0.3, -0.25) is 0 Å². The number of aliphatic hydroxyl groups is 1. The molecule has 0 aliphatic carbocycles. The number of hydrogen-bond donors (Lipinski definition) is 2. The van der Waals surface area contributed by atoms with Gasteiger partial charge in [0.25, 0.3) is 0 Å². The number of nitrogens with one attached hydrogen (secondary N) is 1. The molecule has 0 aromatic heterocycles. The van der Waals surface area contributed by atoms with Gasteiger partial charge in [0.1, 0.15) is 0 Å². The van der Waals surface area contributed by atoms with Crippen LogP contribution in [0.5, 0.6) is 0 Å². The van der Waals surface area contributed by atoms with Crippen LogP contribution in [-0.4, -0.2) is 24.4 Å². The van der Waals surface area contributed by atoms with Gasteiger partial charge in [0, 0.05) is 36.4 Å². The van der Waals surface area contributed by atoms with Crippen LogP contribution in [0.3, 0.4) is 0 Å². The first-order valence-electron chi connectivity index (χ1n) is 6.48. The van der Waals surface area contributed by atoms with Crippen molar-refractivity contribution in [3.8, 4) is 0 Å². The van der Waals surface area contributed by atoms with Gasteiger partial charge in [-0.2, -0.15) is 0 Å². The van der Waals surface area contributed by atoms with Crippen LogP contribution in [0, 0.1) is 5.92 Å². The summed E-state index contributed by atoms with van der Waals surface area (Å²) >= 11 is 0. The number of aliphatic hydroxyl groups excluding tert-OH is 1. The number of anilines is 1. The smallest absolute Gasteiger partial charge is 0.0893 e. The fourth-order valence-electron chi connectivity index (χ4n) is 3.12. The van der Waals surface area contributed by atoms with Crippen LogP contribution >= 0.6 is 0 Å². The lowest BCUT2D eigenvalue weighted by molar-refractivity contribution is 0.0813. The Hall–Kier alpha value is -1.06. The molecular formula is C14H19NO2. The summed E-state index contributed by atoms with van der Waals surface area (Å²) in [5.41, 5.74) is 2.51. The molecule has 2 aliphatic rings. The number of benzene rings is 1. The first-order valence-corrected chi connectivity index (χ1v) is 6.48. The average Bonchev–Trinajstić information content (AvgIpc) is 2.85. The molecule has 2 N–H and O–H groups in total. The highest BCUT2D eigenvalue weighted by atomic mass is 16.5. The summed E-state index contributed by atoms with van der Waals surface area (Å²) in [6.45, 7) is 1.14. The van der Waals surface area contributed by atoms with Crippen LogP contribution in [0.1, 0.15) is 30.9 Å². The third-order valence-electron chi connectivity index (χ3n) is 3.94. The van der Waals surface area contributed by atoms with E-state index in [2.05, 4.69) is 29.6 Å². The van der Waals surface area contributed by atoms with E-state index in [-0.39, 0.29) is 12.7 Å². The van der Waals surface area contributed by atoms with Crippen LogP contribution in [0.15, 0.2) is 24.3 Å². The predicted octanol–water partition coefficient (Wildman–Crippen LogP) is 2.33. The number of ether oxygens (including phenoxy) is 1. The van der Waals surface area contributed by atoms with E-state index in [0.29, 0.717) is 12.0 Å². The van der Waals surface area contributed by atoms with E-state index in [1.807, 2.05) is 0 Å². The number of para-hydroxylation sites is 1. The Balaban J connectivity index is 1.87. The molecule has 1 aromatic carbocycles. The third-order valence-corrected chi connectivity index (χ3v) is 3.94. The summed E-state index contributed by atoms with van der Waals surface area (Å²) in [4.78, 5) is 0. The van der Waals surface area contributed by atoms with Gasteiger partial charge in [-0.25, -0.2) is 0 Å². The molecule has 0 bridgehead atoms. The van der Waals surface area contributed by atoms with E-state index in [4.69, 9.17) is 9.84 Å². The SMILES string of the molecule is OCCCC1Nc2ccccc2C2OCCC12. The zero-order valence-electron chi connectivity index (χ0n) is 9.93. The second-order valence-corrected chi connectivity index (χ2v) is 4.95. The molecule has 1 fully saturated rings. The number of rotatable bonds is 3. The minimum Gasteiger partial charge on any atom is -0.396 e. The van der Waals surface area contributed by atoms with Gasteiger partial charge in [0.2, 0.25) is 0 Å². The lowest BCUT2D eigenvalue weighted by atomic mass is 9.82. The van der Waals surface area contributed by atoms with E-state index in [9.17, 15) is 0 Å². The summed E-state index contributed by atoms with van der Waals surface area (Å²) in [5.74, 6) is 0.566. The quantitative estimate of drug-likeness (QED) is 0.842. The molecule has 0 saturated carbocycles. The summed E-state index contributed by atoms with van der Waals surface area (Å²) < 4.78 is 5.89. The number of fused-ring (bicyclic) bond motifs is 3. The Bertz CT molecular complexity index is 394. The molecule has 3 rings (SSSR count). The normalized spacial score (nSPS) is 30.5. The van der Waals surface area contributed by atoms with Crippen LogP contribution in [0.25, 0.3) is 0 Å². The minimum absolute atomic E-state index is 0.260. The summed E-state index contributed by atoms with van der Waals surface area (Å²) in [5, 5.41) is 12.6. The Labute approximate surface area is 102 Å². The molecule has 3 nitrogen and oxygen atoms in total. The Morgan fingerprint density at radius 1 is 1.35 bits per heavy atom. The molecule has 0 amide bonds. The van der Waals surface area contributed by atoms with E-state index in [1.165, 1.54) is 11.3 Å². The van der Waals surface area contributed by atoms with E-state index < -0.39 is 0 Å². The van der Waals surface area contributed by atoms with Crippen molar-refractivity contribution in [1.82, 2.24) is 0 Å². The van der Waals surface area contributed by atoms with Gasteiger partial charge in [0.15, 0.2) is 0 Å². The van der Waals surface area contributed by atoms with Crippen molar-refractivity contribution in [1.29, 1.82) is 0 Å². The maximum Gasteiger partial charge on any atom is 0.0893 e. The fourth-order valence-corrected chi connectivity index (χ4v) is 3.12. The topological polar surface area (TPSA) is 41.5 Å². The third kappa shape index (κ3) is 1.94. The second-order valence-electron chi connectivity index (χ2n) is 4.95. The van der Waals surface area contributed by atoms with Crippen LogP contribution in [0.2, 0.25) is 0 Å². The zero-order valence-corrected chi connectivity index (χ0v) is 9.93. The van der Waals surface area contributed by atoms with Gasteiger partial charge in [-0.05, 0) is 25.3 Å². The van der Waals surface area contributed by atoms with Crippen molar-refractivity contribution in [2.45, 2.75) is 31.4 Å². The minimum atomic E-state index is 0.260. The van der Waals surface area contributed by atoms with Crippen molar-refractivity contribution >= 4 is 5.69 Å². The summed E-state index contributed by atoms with van der Waals surface area (Å²) in [6.07, 6.45) is 3.27. The van der Waals surface area contributed by atoms with Gasteiger partial charge >= 0.3 is 0 Å². The molecular weight excluding hydrogens is 214 g/mol. The highest BCUT2D eigenvalue weighted by molar-refractivity contribution is 5.55. The van der Waals surface area contributed by atoms with Crippen molar-refractivity contribution in [2.75, 3.05) is 18.5 Å². The fraction of sp³-hybridized carbons (Fsp3) is 0.571. The Morgan fingerprint density at radius 3 is 3.12 bits per heavy atom. The van der Waals surface area contributed by atoms with Crippen LogP contribution in [0.4, 0.5) is 5.69 Å². The van der Waals surface area contributed by atoms with Gasteiger partial charge in [0.05, 0.1) is 6.10 Å². The molecule has 1 saturated heterocycles. The molecule has 1 aromatic rings. The zero-order chi connectivity index (χ0) is 11.7. The largest absolute Gasteiger partial charge is 0.396 e. The molecule has 3 heteroatoms. The van der Waals surface area contributed by atoms with Gasteiger partial charge in [-0.1, -0.05) is 18.2 Å². The first kappa shape index (κ1) is 11.1. The lowest BCUT2D eigenvalue weighted by Gasteiger charge is -2.36. The Morgan fingerprint density at radius 2 is 2.24 bits per heavy atom. The van der Waals surface area contributed by atoms with Crippen LogP contribution < -0.4 is 5.32 Å². The van der Waals surface area contributed by atoms with E-state index >= 15 is 0 Å². The van der Waals surface area contributed by atoms with Crippen molar-refractivity contribution in [3.05, 3.63) is 29.8 Å². The molecule has 3 atom stereocenters. The summed E-state index contributed by atoms with van der Waals surface area (Å²) in [6, 6.07) is 8.87. The predicted molar refractivity (Wildman–Crippen MR) is 67.0 cm³/mol. The van der Waals surface area contributed by atoms with E-state index in [0.717, 1.165) is 25.9 Å².